The van der Waals surface area contributed by atoms with Gasteiger partial charge >= 0.3 is 0 Å². The van der Waals surface area contributed by atoms with Crippen molar-refractivity contribution in [1.82, 2.24) is 0 Å². The van der Waals surface area contributed by atoms with Gasteiger partial charge in [-0.25, -0.2) is 0 Å². The van der Waals surface area contributed by atoms with E-state index in [1.54, 1.807) is 0 Å². The normalized spacial score (nSPS) is 15.0. The van der Waals surface area contributed by atoms with Crippen molar-refractivity contribution in [2.75, 3.05) is 4.90 Å². The Hall–Kier alpha value is -5.64. The maximum atomic E-state index is 6.99. The first-order valence-electron chi connectivity index (χ1n) is 17.9. The number of fused-ring (bicyclic) bond motifs is 13. The van der Waals surface area contributed by atoms with Gasteiger partial charge in [-0.05, 0) is 87.5 Å². The molecule has 2 aliphatic carbocycles. The van der Waals surface area contributed by atoms with Crippen molar-refractivity contribution in [1.29, 1.82) is 0 Å². The van der Waals surface area contributed by atoms with E-state index < -0.39 is 0 Å². The topological polar surface area (TPSA) is 16.4 Å². The van der Waals surface area contributed by atoms with E-state index in [9.17, 15) is 0 Å². The Kier molecular flexibility index (Phi) is 5.71. The molecule has 11 rings (SSSR count). The number of thiophene rings is 1. The standard InChI is InChI=1S/C48H35NOS/c1-47(2)35-16-8-5-13-29(35)31-24-23-28(27-37(31)47)49(39-19-12-22-42-44(39)33-15-7-10-21-41(33)51-42)38-18-11-20-40-43(38)34-26-25-32-30-14-6-9-17-36(30)48(3,4)45(32)46(34)50-40/h5-27H,1-4H3. The summed E-state index contributed by atoms with van der Waals surface area (Å²) in [5.74, 6) is 0. The highest BCUT2D eigenvalue weighted by Crippen LogP contribution is 2.56. The summed E-state index contributed by atoms with van der Waals surface area (Å²) in [6, 6.07) is 51.6. The van der Waals surface area contributed by atoms with Crippen LogP contribution in [-0.2, 0) is 10.8 Å². The lowest BCUT2D eigenvalue weighted by Gasteiger charge is -2.29. The van der Waals surface area contributed by atoms with Crippen LogP contribution in [-0.4, -0.2) is 0 Å². The molecule has 0 saturated heterocycles. The van der Waals surface area contributed by atoms with Crippen molar-refractivity contribution in [2.45, 2.75) is 38.5 Å². The Morgan fingerprint density at radius 2 is 1.12 bits per heavy atom. The number of benzene rings is 7. The number of furan rings is 1. The van der Waals surface area contributed by atoms with Crippen LogP contribution in [0.25, 0.3) is 64.4 Å². The Balaban J connectivity index is 1.23. The smallest absolute Gasteiger partial charge is 0.140 e. The molecule has 0 aliphatic heterocycles. The number of nitrogens with zero attached hydrogens (tertiary/aromatic N) is 1. The van der Waals surface area contributed by atoms with Crippen LogP contribution < -0.4 is 4.90 Å². The molecule has 3 heteroatoms. The second kappa shape index (κ2) is 9.99. The van der Waals surface area contributed by atoms with Gasteiger partial charge in [0.2, 0.25) is 0 Å². The van der Waals surface area contributed by atoms with Crippen molar-refractivity contribution in [2.24, 2.45) is 0 Å². The van der Waals surface area contributed by atoms with Crippen LogP contribution in [0, 0.1) is 0 Å². The molecule has 0 N–H and O–H groups in total. The zero-order chi connectivity index (χ0) is 34.2. The minimum absolute atomic E-state index is 0.121. The van der Waals surface area contributed by atoms with Gasteiger partial charge in [0.15, 0.2) is 0 Å². The third-order valence-corrected chi connectivity index (χ3v) is 13.0. The third kappa shape index (κ3) is 3.77. The molecule has 244 valence electrons. The molecule has 9 aromatic rings. The quantitative estimate of drug-likeness (QED) is 0.186. The van der Waals surface area contributed by atoms with Crippen molar-refractivity contribution in [3.05, 3.63) is 162 Å². The average Bonchev–Trinajstić information content (AvgIpc) is 3.85. The van der Waals surface area contributed by atoms with E-state index in [1.165, 1.54) is 70.4 Å². The third-order valence-electron chi connectivity index (χ3n) is 11.8. The highest BCUT2D eigenvalue weighted by atomic mass is 32.1. The summed E-state index contributed by atoms with van der Waals surface area (Å²) < 4.78 is 9.58. The van der Waals surface area contributed by atoms with E-state index in [4.69, 9.17) is 4.42 Å². The molecule has 2 aromatic heterocycles. The Labute approximate surface area is 301 Å². The molecular weight excluding hydrogens is 639 g/mol. The fourth-order valence-corrected chi connectivity index (χ4v) is 10.6. The molecule has 0 bridgehead atoms. The number of hydrogen-bond acceptors (Lipinski definition) is 3. The minimum atomic E-state index is -0.180. The molecule has 51 heavy (non-hydrogen) atoms. The molecule has 0 spiro atoms. The Bertz CT molecular complexity index is 2940. The maximum Gasteiger partial charge on any atom is 0.140 e. The zero-order valence-corrected chi connectivity index (χ0v) is 29.9. The molecule has 2 heterocycles. The molecule has 7 aromatic carbocycles. The fraction of sp³-hybridized carbons (Fsp3) is 0.125. The average molecular weight is 674 g/mol. The summed E-state index contributed by atoms with van der Waals surface area (Å²) in [7, 11) is 0. The molecular formula is C48H35NOS. The van der Waals surface area contributed by atoms with E-state index in [0.29, 0.717) is 0 Å². The first kappa shape index (κ1) is 29.1. The summed E-state index contributed by atoms with van der Waals surface area (Å²) >= 11 is 1.86. The van der Waals surface area contributed by atoms with Gasteiger partial charge in [-0.3, -0.25) is 0 Å². The molecule has 0 radical (unpaired) electrons. The molecule has 2 nitrogen and oxygen atoms in total. The Morgan fingerprint density at radius 1 is 0.490 bits per heavy atom. The lowest BCUT2D eigenvalue weighted by Crippen LogP contribution is -2.16. The van der Waals surface area contributed by atoms with Gasteiger partial charge in [0.05, 0.1) is 16.8 Å². The number of anilines is 3. The summed E-state index contributed by atoms with van der Waals surface area (Å²) in [6.07, 6.45) is 0. The lowest BCUT2D eigenvalue weighted by atomic mass is 9.82. The minimum Gasteiger partial charge on any atom is -0.456 e. The highest BCUT2D eigenvalue weighted by Gasteiger charge is 2.39. The number of rotatable bonds is 3. The van der Waals surface area contributed by atoms with Crippen LogP contribution >= 0.6 is 11.3 Å². The summed E-state index contributed by atoms with van der Waals surface area (Å²) in [5, 5.41) is 4.86. The maximum absolute atomic E-state index is 6.99. The summed E-state index contributed by atoms with van der Waals surface area (Å²) in [5.41, 5.74) is 15.6. The predicted molar refractivity (Wildman–Crippen MR) is 216 cm³/mol. The molecule has 0 fully saturated rings. The van der Waals surface area contributed by atoms with E-state index in [2.05, 4.69) is 172 Å². The summed E-state index contributed by atoms with van der Waals surface area (Å²) in [6.45, 7) is 9.40. The Morgan fingerprint density at radius 3 is 1.94 bits per heavy atom. The first-order chi connectivity index (χ1) is 24.8. The highest BCUT2D eigenvalue weighted by molar-refractivity contribution is 7.26. The van der Waals surface area contributed by atoms with Crippen LogP contribution in [0.15, 0.2) is 144 Å². The predicted octanol–water partition coefficient (Wildman–Crippen LogP) is 14.0. The van der Waals surface area contributed by atoms with Crippen LogP contribution in [0.5, 0.6) is 0 Å². The molecule has 2 aliphatic rings. The SMILES string of the molecule is CC1(C)c2ccccc2-c2ccc(N(c3cccc4oc5c6c(ccc5c34)-c3ccccc3C6(C)C)c3cccc4sc5ccccc5c34)cc21. The van der Waals surface area contributed by atoms with Crippen LogP contribution in [0.3, 0.4) is 0 Å². The van der Waals surface area contributed by atoms with Crippen molar-refractivity contribution in [3.8, 4) is 22.3 Å². The molecule has 0 amide bonds. The van der Waals surface area contributed by atoms with Gasteiger partial charge < -0.3 is 9.32 Å². The van der Waals surface area contributed by atoms with Crippen LogP contribution in [0.2, 0.25) is 0 Å². The van der Waals surface area contributed by atoms with Crippen molar-refractivity contribution in [3.63, 3.8) is 0 Å². The van der Waals surface area contributed by atoms with E-state index in [-0.39, 0.29) is 10.8 Å². The van der Waals surface area contributed by atoms with Gasteiger partial charge in [-0.15, -0.1) is 11.3 Å². The monoisotopic (exact) mass is 673 g/mol. The van der Waals surface area contributed by atoms with Gasteiger partial charge in [-0.2, -0.15) is 0 Å². The van der Waals surface area contributed by atoms with Crippen molar-refractivity contribution < 1.29 is 4.42 Å². The second-order valence-corrected chi connectivity index (χ2v) is 16.4. The molecule has 0 unspecified atom stereocenters. The fourth-order valence-electron chi connectivity index (χ4n) is 9.48. The van der Waals surface area contributed by atoms with Crippen LogP contribution in [0.4, 0.5) is 17.1 Å². The van der Waals surface area contributed by atoms with Crippen LogP contribution in [0.1, 0.15) is 49.9 Å². The van der Waals surface area contributed by atoms with E-state index in [0.717, 1.165) is 33.3 Å². The lowest BCUT2D eigenvalue weighted by molar-refractivity contribution is 0.620. The largest absolute Gasteiger partial charge is 0.456 e. The zero-order valence-electron chi connectivity index (χ0n) is 29.0. The van der Waals surface area contributed by atoms with Gasteiger partial charge in [-0.1, -0.05) is 119 Å². The van der Waals surface area contributed by atoms with Gasteiger partial charge in [0.1, 0.15) is 11.2 Å². The number of hydrogen-bond donors (Lipinski definition) is 0. The summed E-state index contributed by atoms with van der Waals surface area (Å²) in [4.78, 5) is 2.51. The van der Waals surface area contributed by atoms with Gasteiger partial charge in [0.25, 0.3) is 0 Å². The molecule has 0 saturated carbocycles. The van der Waals surface area contributed by atoms with E-state index >= 15 is 0 Å². The first-order valence-corrected chi connectivity index (χ1v) is 18.7. The molecule has 0 atom stereocenters. The van der Waals surface area contributed by atoms with Gasteiger partial charge in [0, 0.05) is 47.6 Å². The van der Waals surface area contributed by atoms with Crippen molar-refractivity contribution >= 4 is 70.5 Å². The van der Waals surface area contributed by atoms with E-state index in [1.807, 2.05) is 11.3 Å². The second-order valence-electron chi connectivity index (χ2n) is 15.3.